The minimum atomic E-state index is 0.0396. The van der Waals surface area contributed by atoms with Gasteiger partial charge in [-0.3, -0.25) is 9.69 Å². The SMILES string of the molecule is CCN(CC)C1CCN(C(=O)c2cnn(-c3nccc(-c4cccs4)n3)c2C)C1. The molecule has 1 saturated heterocycles. The molecule has 1 aliphatic heterocycles. The molecule has 4 heterocycles. The van der Waals surface area contributed by atoms with Crippen molar-refractivity contribution in [1.82, 2.24) is 29.5 Å². The van der Waals surface area contributed by atoms with Crippen molar-refractivity contribution >= 4 is 17.2 Å². The van der Waals surface area contributed by atoms with Gasteiger partial charge in [0, 0.05) is 25.3 Å². The van der Waals surface area contributed by atoms with Gasteiger partial charge in [0.05, 0.1) is 28.0 Å². The van der Waals surface area contributed by atoms with Crippen LogP contribution in [0.25, 0.3) is 16.5 Å². The second-order valence-corrected chi connectivity index (χ2v) is 8.14. The molecule has 0 N–H and O–H groups in total. The molecule has 1 amide bonds. The van der Waals surface area contributed by atoms with Gasteiger partial charge < -0.3 is 4.90 Å². The van der Waals surface area contributed by atoms with Gasteiger partial charge in [0.1, 0.15) is 0 Å². The zero-order valence-corrected chi connectivity index (χ0v) is 17.9. The van der Waals surface area contributed by atoms with Gasteiger partial charge in [-0.1, -0.05) is 19.9 Å². The predicted octanol–water partition coefficient (Wildman–Crippen LogP) is 3.26. The minimum Gasteiger partial charge on any atom is -0.337 e. The molecule has 1 unspecified atom stereocenters. The van der Waals surface area contributed by atoms with Crippen LogP contribution in [0.4, 0.5) is 0 Å². The maximum atomic E-state index is 13.1. The maximum absolute atomic E-state index is 13.1. The summed E-state index contributed by atoms with van der Waals surface area (Å²) in [6.45, 7) is 9.83. The van der Waals surface area contributed by atoms with E-state index in [0.717, 1.165) is 48.9 Å². The molecule has 8 heteroatoms. The van der Waals surface area contributed by atoms with Crippen LogP contribution < -0.4 is 0 Å². The average Bonchev–Trinajstić information content (AvgIpc) is 3.50. The van der Waals surface area contributed by atoms with Crippen LogP contribution in [0.2, 0.25) is 0 Å². The fourth-order valence-electron chi connectivity index (χ4n) is 3.97. The number of hydrogen-bond donors (Lipinski definition) is 0. The van der Waals surface area contributed by atoms with Crippen LogP contribution in [-0.4, -0.2) is 67.7 Å². The van der Waals surface area contributed by atoms with Crippen LogP contribution in [0.1, 0.15) is 36.3 Å². The quantitative estimate of drug-likeness (QED) is 0.624. The number of carbonyl (C=O) groups is 1. The van der Waals surface area contributed by atoms with Gasteiger partial charge in [0.15, 0.2) is 0 Å². The summed E-state index contributed by atoms with van der Waals surface area (Å²) < 4.78 is 1.66. The van der Waals surface area contributed by atoms with E-state index >= 15 is 0 Å². The van der Waals surface area contributed by atoms with Crippen molar-refractivity contribution in [3.63, 3.8) is 0 Å². The number of likely N-dealkylation sites (N-methyl/N-ethyl adjacent to an activating group) is 1. The van der Waals surface area contributed by atoms with Gasteiger partial charge in [-0.05, 0) is 43.9 Å². The van der Waals surface area contributed by atoms with E-state index in [1.807, 2.05) is 35.4 Å². The molecule has 0 bridgehead atoms. The van der Waals surface area contributed by atoms with Crippen molar-refractivity contribution in [2.24, 2.45) is 0 Å². The summed E-state index contributed by atoms with van der Waals surface area (Å²) in [4.78, 5) is 27.6. The number of thiophene rings is 1. The monoisotopic (exact) mass is 410 g/mol. The second-order valence-electron chi connectivity index (χ2n) is 7.19. The summed E-state index contributed by atoms with van der Waals surface area (Å²) >= 11 is 1.63. The van der Waals surface area contributed by atoms with Gasteiger partial charge in [-0.15, -0.1) is 11.3 Å². The number of rotatable bonds is 6. The highest BCUT2D eigenvalue weighted by molar-refractivity contribution is 7.13. The fraction of sp³-hybridized carbons (Fsp3) is 0.429. The van der Waals surface area contributed by atoms with E-state index in [1.165, 1.54) is 0 Å². The highest BCUT2D eigenvalue weighted by Gasteiger charge is 2.31. The lowest BCUT2D eigenvalue weighted by Gasteiger charge is -2.26. The molecule has 3 aromatic heterocycles. The van der Waals surface area contributed by atoms with Crippen molar-refractivity contribution in [3.05, 3.63) is 47.2 Å². The zero-order valence-electron chi connectivity index (χ0n) is 17.1. The summed E-state index contributed by atoms with van der Waals surface area (Å²) in [7, 11) is 0. The Bertz CT molecular complexity index is 979. The Hall–Kier alpha value is -2.58. The highest BCUT2D eigenvalue weighted by Crippen LogP contribution is 2.24. The molecule has 0 radical (unpaired) electrons. The van der Waals surface area contributed by atoms with E-state index < -0.39 is 0 Å². The zero-order chi connectivity index (χ0) is 20.4. The maximum Gasteiger partial charge on any atom is 0.257 e. The molecule has 7 nitrogen and oxygen atoms in total. The molecule has 3 aromatic rings. The number of carbonyl (C=O) groups excluding carboxylic acids is 1. The van der Waals surface area contributed by atoms with E-state index in [2.05, 4.69) is 33.8 Å². The van der Waals surface area contributed by atoms with Gasteiger partial charge in [0.25, 0.3) is 11.9 Å². The van der Waals surface area contributed by atoms with E-state index in [4.69, 9.17) is 0 Å². The molecule has 29 heavy (non-hydrogen) atoms. The first-order chi connectivity index (χ1) is 14.1. The standard InChI is InChI=1S/C21H26N6OS/c1-4-25(5-2)16-9-11-26(14-16)20(28)17-13-23-27(15(17)3)21-22-10-8-18(24-21)19-7-6-12-29-19/h6-8,10,12-13,16H,4-5,9,11,14H2,1-3H3. The molecular formula is C21H26N6OS. The third-order valence-electron chi connectivity index (χ3n) is 5.63. The molecule has 1 fully saturated rings. The Morgan fingerprint density at radius 1 is 1.31 bits per heavy atom. The lowest BCUT2D eigenvalue weighted by molar-refractivity contribution is 0.0777. The Morgan fingerprint density at radius 2 is 2.14 bits per heavy atom. The molecular weight excluding hydrogens is 384 g/mol. The van der Waals surface area contributed by atoms with E-state index in [-0.39, 0.29) is 5.91 Å². The van der Waals surface area contributed by atoms with Gasteiger partial charge in [-0.2, -0.15) is 5.10 Å². The third kappa shape index (κ3) is 3.82. The van der Waals surface area contributed by atoms with Crippen molar-refractivity contribution in [2.45, 2.75) is 33.2 Å². The van der Waals surface area contributed by atoms with E-state index in [9.17, 15) is 4.79 Å². The summed E-state index contributed by atoms with van der Waals surface area (Å²) in [6, 6.07) is 6.36. The molecule has 0 spiro atoms. The highest BCUT2D eigenvalue weighted by atomic mass is 32.1. The largest absolute Gasteiger partial charge is 0.337 e. The van der Waals surface area contributed by atoms with Gasteiger partial charge in [0.2, 0.25) is 0 Å². The number of nitrogens with zero attached hydrogens (tertiary/aromatic N) is 6. The topological polar surface area (TPSA) is 67.2 Å². The molecule has 0 aliphatic carbocycles. The summed E-state index contributed by atoms with van der Waals surface area (Å²) in [5.41, 5.74) is 2.24. The fourth-order valence-corrected chi connectivity index (χ4v) is 4.66. The van der Waals surface area contributed by atoms with Crippen LogP contribution >= 0.6 is 11.3 Å². The number of hydrogen-bond acceptors (Lipinski definition) is 6. The Morgan fingerprint density at radius 3 is 2.86 bits per heavy atom. The lowest BCUT2D eigenvalue weighted by Crippen LogP contribution is -2.38. The smallest absolute Gasteiger partial charge is 0.257 e. The van der Waals surface area contributed by atoms with Crippen molar-refractivity contribution < 1.29 is 4.79 Å². The normalized spacial score (nSPS) is 16.7. The summed E-state index contributed by atoms with van der Waals surface area (Å²) in [5, 5.41) is 6.45. The van der Waals surface area contributed by atoms with E-state index in [0.29, 0.717) is 17.6 Å². The first kappa shape index (κ1) is 19.7. The first-order valence-electron chi connectivity index (χ1n) is 10.1. The molecule has 0 saturated carbocycles. The van der Waals surface area contributed by atoms with Crippen LogP contribution in [0, 0.1) is 6.92 Å². The number of aromatic nitrogens is 4. The molecule has 0 aromatic carbocycles. The third-order valence-corrected chi connectivity index (χ3v) is 6.52. The summed E-state index contributed by atoms with van der Waals surface area (Å²) in [5.74, 6) is 0.521. The summed E-state index contributed by atoms with van der Waals surface area (Å²) in [6.07, 6.45) is 4.39. The van der Waals surface area contributed by atoms with Crippen molar-refractivity contribution in [2.75, 3.05) is 26.2 Å². The minimum absolute atomic E-state index is 0.0396. The van der Waals surface area contributed by atoms with Crippen molar-refractivity contribution in [3.8, 4) is 16.5 Å². The molecule has 4 rings (SSSR count). The Kier molecular flexibility index (Phi) is 5.73. The van der Waals surface area contributed by atoms with Crippen molar-refractivity contribution in [1.29, 1.82) is 0 Å². The van der Waals surface area contributed by atoms with E-state index in [1.54, 1.807) is 28.4 Å². The van der Waals surface area contributed by atoms with Crippen LogP contribution in [0.15, 0.2) is 36.0 Å². The lowest BCUT2D eigenvalue weighted by atomic mass is 10.2. The van der Waals surface area contributed by atoms with Gasteiger partial charge >= 0.3 is 0 Å². The van der Waals surface area contributed by atoms with Crippen LogP contribution in [0.3, 0.4) is 0 Å². The molecule has 1 aliphatic rings. The predicted molar refractivity (Wildman–Crippen MR) is 114 cm³/mol. The number of amides is 1. The van der Waals surface area contributed by atoms with Crippen LogP contribution in [0.5, 0.6) is 0 Å². The molecule has 1 atom stereocenters. The average molecular weight is 411 g/mol. The second kappa shape index (κ2) is 8.42. The van der Waals surface area contributed by atoms with Gasteiger partial charge in [-0.25, -0.2) is 14.6 Å². The number of likely N-dealkylation sites (tertiary alicyclic amines) is 1. The molecule has 152 valence electrons. The first-order valence-corrected chi connectivity index (χ1v) is 11.0. The van der Waals surface area contributed by atoms with Crippen LogP contribution in [-0.2, 0) is 0 Å². The Balaban J connectivity index is 1.55. The Labute approximate surface area is 175 Å².